The van der Waals surface area contributed by atoms with Crippen molar-refractivity contribution < 1.29 is 18.3 Å². The fraction of sp³-hybridized carbons (Fsp3) is 0.391. The van der Waals surface area contributed by atoms with E-state index in [4.69, 9.17) is 9.47 Å². The molecule has 2 aromatic heterocycles. The molecule has 1 aliphatic carbocycles. The van der Waals surface area contributed by atoms with E-state index in [-0.39, 0.29) is 29.7 Å². The smallest absolute Gasteiger partial charge is 0.197 e. The average molecular weight is 439 g/mol. The standard InChI is InChI=1S/C23H23F2N5O2/c1-31-19-11-30(12-20(19)32-2)18-7-13(6-17(24)21(18)25)15-8-16(15)14-9-28-23(29-10-14)22-26-4-3-5-27-22/h3-7,9-10,15-16,19-20H,8,11-12H2,1-2H3/t15?,16?,19-,20+. The minimum absolute atomic E-state index is 0.0883. The van der Waals surface area contributed by atoms with Crippen LogP contribution >= 0.6 is 0 Å². The van der Waals surface area contributed by atoms with Crippen LogP contribution in [0.15, 0.2) is 43.0 Å². The van der Waals surface area contributed by atoms with Crippen molar-refractivity contribution in [2.75, 3.05) is 32.2 Å². The first-order chi connectivity index (χ1) is 15.6. The summed E-state index contributed by atoms with van der Waals surface area (Å²) < 4.78 is 40.1. The van der Waals surface area contributed by atoms with Gasteiger partial charge in [-0.3, -0.25) is 0 Å². The second-order valence-corrected chi connectivity index (χ2v) is 8.15. The fourth-order valence-electron chi connectivity index (χ4n) is 4.42. The molecule has 5 rings (SSSR count). The lowest BCUT2D eigenvalue weighted by Crippen LogP contribution is -2.27. The molecule has 3 heterocycles. The number of benzene rings is 1. The number of halogens is 2. The molecule has 1 saturated heterocycles. The number of nitrogens with zero attached hydrogens (tertiary/aromatic N) is 5. The summed E-state index contributed by atoms with van der Waals surface area (Å²) in [5.41, 5.74) is 1.98. The predicted molar refractivity (Wildman–Crippen MR) is 113 cm³/mol. The van der Waals surface area contributed by atoms with Gasteiger partial charge in [0.2, 0.25) is 0 Å². The van der Waals surface area contributed by atoms with Gasteiger partial charge < -0.3 is 14.4 Å². The van der Waals surface area contributed by atoms with Crippen LogP contribution in [0.5, 0.6) is 0 Å². The van der Waals surface area contributed by atoms with Gasteiger partial charge in [0.05, 0.1) is 5.69 Å². The Hall–Kier alpha value is -3.04. The maximum Gasteiger partial charge on any atom is 0.197 e. The number of rotatable bonds is 6. The molecule has 32 heavy (non-hydrogen) atoms. The van der Waals surface area contributed by atoms with Gasteiger partial charge in [-0.25, -0.2) is 28.7 Å². The van der Waals surface area contributed by atoms with Crippen LogP contribution in [-0.2, 0) is 9.47 Å². The van der Waals surface area contributed by atoms with E-state index in [1.165, 1.54) is 6.07 Å². The quantitative estimate of drug-likeness (QED) is 0.583. The Kier molecular flexibility index (Phi) is 5.52. The number of ether oxygens (including phenoxy) is 2. The van der Waals surface area contributed by atoms with Crippen molar-refractivity contribution in [3.05, 3.63) is 65.7 Å². The van der Waals surface area contributed by atoms with Crippen LogP contribution < -0.4 is 4.90 Å². The van der Waals surface area contributed by atoms with E-state index in [1.54, 1.807) is 56.0 Å². The Morgan fingerprint density at radius 2 is 1.44 bits per heavy atom. The van der Waals surface area contributed by atoms with Crippen LogP contribution in [0.3, 0.4) is 0 Å². The first-order valence-electron chi connectivity index (χ1n) is 10.5. The van der Waals surface area contributed by atoms with Gasteiger partial charge in [0.25, 0.3) is 0 Å². The molecular formula is C23H23F2N5O2. The molecule has 2 unspecified atom stereocenters. The lowest BCUT2D eigenvalue weighted by atomic mass is 10.0. The normalized spacial score (nSPS) is 24.7. The zero-order valence-electron chi connectivity index (χ0n) is 17.8. The summed E-state index contributed by atoms with van der Waals surface area (Å²) in [7, 11) is 3.19. The second kappa shape index (κ2) is 8.48. The number of aromatic nitrogens is 4. The Morgan fingerprint density at radius 3 is 2.06 bits per heavy atom. The molecular weight excluding hydrogens is 416 g/mol. The minimum Gasteiger partial charge on any atom is -0.377 e. The third-order valence-electron chi connectivity index (χ3n) is 6.28. The summed E-state index contributed by atoms with van der Waals surface area (Å²) in [6.45, 7) is 0.888. The van der Waals surface area contributed by atoms with Crippen molar-refractivity contribution in [3.63, 3.8) is 0 Å². The Labute approximate surface area is 184 Å². The van der Waals surface area contributed by atoms with Crippen LogP contribution in [0.25, 0.3) is 11.6 Å². The van der Waals surface area contributed by atoms with Crippen molar-refractivity contribution >= 4 is 5.69 Å². The highest BCUT2D eigenvalue weighted by molar-refractivity contribution is 5.54. The van der Waals surface area contributed by atoms with E-state index in [9.17, 15) is 8.78 Å². The molecule has 7 nitrogen and oxygen atoms in total. The third-order valence-corrected chi connectivity index (χ3v) is 6.28. The predicted octanol–water partition coefficient (Wildman–Crippen LogP) is 3.33. The van der Waals surface area contributed by atoms with Crippen LogP contribution in [0.4, 0.5) is 14.5 Å². The molecule has 2 aliphatic rings. The molecule has 0 spiro atoms. The Bertz CT molecular complexity index is 1090. The second-order valence-electron chi connectivity index (χ2n) is 8.15. The molecule has 1 aliphatic heterocycles. The van der Waals surface area contributed by atoms with Gasteiger partial charge in [-0.05, 0) is 47.6 Å². The molecule has 9 heteroatoms. The molecule has 2 fully saturated rings. The molecule has 0 N–H and O–H groups in total. The molecule has 0 radical (unpaired) electrons. The number of hydrogen-bond donors (Lipinski definition) is 0. The highest BCUT2D eigenvalue weighted by atomic mass is 19.2. The highest BCUT2D eigenvalue weighted by Crippen LogP contribution is 2.55. The average Bonchev–Trinajstić information content (AvgIpc) is 3.53. The molecule has 3 aromatic rings. The molecule has 1 aromatic carbocycles. The van der Waals surface area contributed by atoms with Gasteiger partial charge in [-0.1, -0.05) is 0 Å². The molecule has 4 atom stereocenters. The summed E-state index contributed by atoms with van der Waals surface area (Å²) in [5, 5.41) is 0. The number of hydrogen-bond acceptors (Lipinski definition) is 7. The maximum atomic E-state index is 14.7. The van der Waals surface area contributed by atoms with Gasteiger partial charge in [0, 0.05) is 52.1 Å². The van der Waals surface area contributed by atoms with Crippen molar-refractivity contribution in [2.45, 2.75) is 30.5 Å². The van der Waals surface area contributed by atoms with Gasteiger partial charge in [-0.15, -0.1) is 0 Å². The van der Waals surface area contributed by atoms with Crippen molar-refractivity contribution in [3.8, 4) is 11.6 Å². The van der Waals surface area contributed by atoms with E-state index in [1.807, 2.05) is 0 Å². The first kappa shape index (κ1) is 20.8. The molecule has 0 amide bonds. The lowest BCUT2D eigenvalue weighted by molar-refractivity contribution is -0.00461. The lowest BCUT2D eigenvalue weighted by Gasteiger charge is -2.20. The van der Waals surface area contributed by atoms with Crippen LogP contribution in [0.2, 0.25) is 0 Å². The molecule has 1 saturated carbocycles. The zero-order valence-corrected chi connectivity index (χ0v) is 17.8. The van der Waals surface area contributed by atoms with E-state index in [2.05, 4.69) is 19.9 Å². The van der Waals surface area contributed by atoms with Crippen LogP contribution in [0.1, 0.15) is 29.4 Å². The summed E-state index contributed by atoms with van der Waals surface area (Å²) >= 11 is 0. The zero-order chi connectivity index (χ0) is 22.2. The Balaban J connectivity index is 1.35. The van der Waals surface area contributed by atoms with E-state index >= 15 is 0 Å². The highest BCUT2D eigenvalue weighted by Gasteiger charge is 2.42. The van der Waals surface area contributed by atoms with E-state index in [0.717, 1.165) is 17.5 Å². The number of methoxy groups -OCH3 is 2. The van der Waals surface area contributed by atoms with E-state index in [0.29, 0.717) is 24.7 Å². The van der Waals surface area contributed by atoms with Gasteiger partial charge in [0.15, 0.2) is 23.3 Å². The first-order valence-corrected chi connectivity index (χ1v) is 10.5. The largest absolute Gasteiger partial charge is 0.377 e. The monoisotopic (exact) mass is 439 g/mol. The van der Waals surface area contributed by atoms with Crippen LogP contribution in [-0.4, -0.2) is 59.5 Å². The topological polar surface area (TPSA) is 73.3 Å². The summed E-state index contributed by atoms with van der Waals surface area (Å²) in [6, 6.07) is 4.78. The van der Waals surface area contributed by atoms with Crippen molar-refractivity contribution in [1.82, 2.24) is 19.9 Å². The van der Waals surface area contributed by atoms with E-state index < -0.39 is 11.6 Å². The van der Waals surface area contributed by atoms with Gasteiger partial charge >= 0.3 is 0 Å². The molecule has 166 valence electrons. The minimum atomic E-state index is -0.842. The maximum absolute atomic E-state index is 14.7. The summed E-state index contributed by atoms with van der Waals surface area (Å²) in [5.74, 6) is -0.512. The number of anilines is 1. The SMILES string of the molecule is CO[C@H]1CN(c2cc(C3CC3c3cnc(-c4ncccn4)nc3)cc(F)c2F)C[C@H]1OC. The van der Waals surface area contributed by atoms with Crippen molar-refractivity contribution in [1.29, 1.82) is 0 Å². The van der Waals surface area contributed by atoms with Gasteiger partial charge in [-0.2, -0.15) is 0 Å². The molecule has 0 bridgehead atoms. The van der Waals surface area contributed by atoms with Crippen LogP contribution in [0, 0.1) is 11.6 Å². The fourth-order valence-corrected chi connectivity index (χ4v) is 4.42. The summed E-state index contributed by atoms with van der Waals surface area (Å²) in [4.78, 5) is 18.9. The summed E-state index contributed by atoms with van der Waals surface area (Å²) in [6.07, 6.45) is 7.25. The van der Waals surface area contributed by atoms with Crippen molar-refractivity contribution in [2.24, 2.45) is 0 Å². The third kappa shape index (κ3) is 3.82. The van der Waals surface area contributed by atoms with Gasteiger partial charge in [0.1, 0.15) is 12.2 Å². The Morgan fingerprint density at radius 1 is 0.844 bits per heavy atom.